The third-order valence-electron chi connectivity index (χ3n) is 4.98. The van der Waals surface area contributed by atoms with E-state index in [1.54, 1.807) is 24.2 Å². The molecule has 0 aliphatic rings. The van der Waals surface area contributed by atoms with Crippen LogP contribution in [0.15, 0.2) is 47.7 Å². The summed E-state index contributed by atoms with van der Waals surface area (Å²) in [5, 5.41) is 0. The number of H-pyrrole nitrogens is 1. The third kappa shape index (κ3) is 2.82. The largest absolute Gasteiger partial charge is 0.496 e. The van der Waals surface area contributed by atoms with Gasteiger partial charge in [-0.05, 0) is 30.4 Å². The van der Waals surface area contributed by atoms with E-state index >= 15 is 0 Å². The molecule has 126 valence electrons. The monoisotopic (exact) mass is 325 g/mol. The van der Waals surface area contributed by atoms with Crippen molar-refractivity contribution >= 4 is 11.0 Å². The number of nitrogens with zero attached hydrogens (tertiary/aromatic N) is 2. The molecule has 3 aromatic rings. The van der Waals surface area contributed by atoms with Crippen LogP contribution in [-0.2, 0) is 12.0 Å². The number of benzene rings is 1. The first-order valence-corrected chi connectivity index (χ1v) is 8.25. The van der Waals surface area contributed by atoms with Gasteiger partial charge in [-0.2, -0.15) is 0 Å². The number of aromatic nitrogens is 3. The second-order valence-electron chi connectivity index (χ2n) is 6.35. The maximum absolute atomic E-state index is 12.5. The van der Waals surface area contributed by atoms with Crippen molar-refractivity contribution in [2.24, 2.45) is 0 Å². The number of hydrogen-bond acceptors (Lipinski definition) is 3. The second-order valence-corrected chi connectivity index (χ2v) is 6.35. The van der Waals surface area contributed by atoms with Crippen molar-refractivity contribution in [3.05, 3.63) is 58.8 Å². The molecule has 0 radical (unpaired) electrons. The van der Waals surface area contributed by atoms with Crippen LogP contribution in [0.2, 0.25) is 0 Å². The molecule has 0 spiro atoms. The maximum Gasteiger partial charge on any atom is 0.277 e. The molecule has 2 heterocycles. The highest BCUT2D eigenvalue weighted by molar-refractivity contribution is 5.73. The zero-order chi connectivity index (χ0) is 17.2. The van der Waals surface area contributed by atoms with Crippen molar-refractivity contribution in [1.82, 2.24) is 14.5 Å². The normalized spacial score (nSPS) is 13.8. The second kappa shape index (κ2) is 6.51. The predicted molar refractivity (Wildman–Crippen MR) is 95.6 cm³/mol. The maximum atomic E-state index is 12.5. The summed E-state index contributed by atoms with van der Waals surface area (Å²) in [6, 6.07) is 9.92. The minimum absolute atomic E-state index is 0.0246. The van der Waals surface area contributed by atoms with E-state index in [0.717, 1.165) is 18.6 Å². The highest BCUT2D eigenvalue weighted by Gasteiger charge is 2.27. The number of fused-ring (bicyclic) bond motifs is 1. The van der Waals surface area contributed by atoms with E-state index in [4.69, 9.17) is 4.74 Å². The Labute approximate surface area is 141 Å². The lowest BCUT2D eigenvalue weighted by Gasteiger charge is -2.30. The Balaban J connectivity index is 1.89. The van der Waals surface area contributed by atoms with E-state index in [1.807, 2.05) is 24.3 Å². The molecular weight excluding hydrogens is 302 g/mol. The van der Waals surface area contributed by atoms with Crippen molar-refractivity contribution in [2.75, 3.05) is 7.11 Å². The fraction of sp³-hybridized carbons (Fsp3) is 0.368. The number of aromatic amines is 1. The van der Waals surface area contributed by atoms with Crippen molar-refractivity contribution in [3.8, 4) is 5.75 Å². The van der Waals surface area contributed by atoms with Crippen LogP contribution in [-0.4, -0.2) is 21.6 Å². The summed E-state index contributed by atoms with van der Waals surface area (Å²) >= 11 is 0. The van der Waals surface area contributed by atoms with E-state index in [-0.39, 0.29) is 11.0 Å². The molecule has 1 aromatic carbocycles. The van der Waals surface area contributed by atoms with Gasteiger partial charge >= 0.3 is 0 Å². The van der Waals surface area contributed by atoms with Gasteiger partial charge in [0, 0.05) is 18.3 Å². The van der Waals surface area contributed by atoms with Crippen LogP contribution in [0.3, 0.4) is 0 Å². The molecule has 0 saturated carbocycles. The van der Waals surface area contributed by atoms with Gasteiger partial charge in [0.25, 0.3) is 5.56 Å². The molecule has 5 nitrogen and oxygen atoms in total. The van der Waals surface area contributed by atoms with Crippen LogP contribution in [0.1, 0.15) is 32.3 Å². The average Bonchev–Trinajstić information content (AvgIpc) is 3.10. The summed E-state index contributed by atoms with van der Waals surface area (Å²) in [5.41, 5.74) is 2.35. The molecule has 0 aliphatic heterocycles. The average molecular weight is 325 g/mol. The summed E-state index contributed by atoms with van der Waals surface area (Å²) in [6.45, 7) is 5.00. The Kier molecular flexibility index (Phi) is 4.42. The van der Waals surface area contributed by atoms with Crippen molar-refractivity contribution in [1.29, 1.82) is 0 Å². The number of nitrogens with one attached hydrogen (secondary N) is 1. The van der Waals surface area contributed by atoms with Crippen LogP contribution in [0.5, 0.6) is 5.75 Å². The summed E-state index contributed by atoms with van der Waals surface area (Å²) < 4.78 is 7.21. The van der Waals surface area contributed by atoms with E-state index in [1.165, 1.54) is 5.56 Å². The van der Waals surface area contributed by atoms with E-state index in [9.17, 15) is 4.79 Å². The minimum Gasteiger partial charge on any atom is -0.496 e. The topological polar surface area (TPSA) is 59.9 Å². The number of rotatable bonds is 6. The van der Waals surface area contributed by atoms with Crippen molar-refractivity contribution in [2.45, 2.75) is 38.6 Å². The lowest BCUT2D eigenvalue weighted by Crippen LogP contribution is -2.28. The first-order chi connectivity index (χ1) is 11.6. The summed E-state index contributed by atoms with van der Waals surface area (Å²) in [6.07, 6.45) is 5.17. The van der Waals surface area contributed by atoms with Crippen molar-refractivity contribution in [3.63, 3.8) is 0 Å². The van der Waals surface area contributed by atoms with Crippen LogP contribution in [0, 0.1) is 0 Å². The van der Waals surface area contributed by atoms with Gasteiger partial charge in [-0.3, -0.25) is 9.36 Å². The first kappa shape index (κ1) is 16.3. The molecule has 0 bridgehead atoms. The standard InChI is InChI=1S/C19H23N3O2/c1-4-19(2,14-7-5-6-8-16(14)24-3)10-12-22-13-21-15-9-11-20-17(15)18(22)23/h5-9,11,13,20H,4,10,12H2,1-3H3. The van der Waals surface area contributed by atoms with Gasteiger partial charge in [-0.1, -0.05) is 32.0 Å². The number of para-hydroxylation sites is 1. The molecule has 24 heavy (non-hydrogen) atoms. The van der Waals surface area contributed by atoms with E-state index in [0.29, 0.717) is 17.6 Å². The van der Waals surface area contributed by atoms with Crippen LogP contribution in [0.4, 0.5) is 0 Å². The Morgan fingerprint density at radius 1 is 1.29 bits per heavy atom. The van der Waals surface area contributed by atoms with Crippen LogP contribution in [0.25, 0.3) is 11.0 Å². The van der Waals surface area contributed by atoms with Gasteiger partial charge < -0.3 is 9.72 Å². The zero-order valence-electron chi connectivity index (χ0n) is 14.4. The van der Waals surface area contributed by atoms with Gasteiger partial charge in [-0.15, -0.1) is 0 Å². The lowest BCUT2D eigenvalue weighted by atomic mass is 9.76. The Hall–Kier alpha value is -2.56. The molecule has 1 unspecified atom stereocenters. The Morgan fingerprint density at radius 2 is 2.08 bits per heavy atom. The molecule has 3 rings (SSSR count). The number of ether oxygens (including phenoxy) is 1. The molecule has 5 heteroatoms. The fourth-order valence-corrected chi connectivity index (χ4v) is 3.14. The Morgan fingerprint density at radius 3 is 2.83 bits per heavy atom. The smallest absolute Gasteiger partial charge is 0.277 e. The van der Waals surface area contributed by atoms with Gasteiger partial charge in [-0.25, -0.2) is 4.98 Å². The lowest BCUT2D eigenvalue weighted by molar-refractivity contribution is 0.351. The predicted octanol–water partition coefficient (Wildman–Crippen LogP) is 3.49. The molecule has 1 atom stereocenters. The van der Waals surface area contributed by atoms with E-state index < -0.39 is 0 Å². The zero-order valence-corrected chi connectivity index (χ0v) is 14.4. The molecular formula is C19H23N3O2. The van der Waals surface area contributed by atoms with Gasteiger partial charge in [0.2, 0.25) is 0 Å². The summed E-state index contributed by atoms with van der Waals surface area (Å²) in [4.78, 5) is 19.8. The Bertz CT molecular complexity index is 897. The van der Waals surface area contributed by atoms with Gasteiger partial charge in [0.15, 0.2) is 0 Å². The van der Waals surface area contributed by atoms with Gasteiger partial charge in [0.05, 0.1) is 19.0 Å². The van der Waals surface area contributed by atoms with Crippen LogP contribution < -0.4 is 10.3 Å². The number of aryl methyl sites for hydroxylation is 1. The van der Waals surface area contributed by atoms with Gasteiger partial charge in [0.1, 0.15) is 11.3 Å². The number of methoxy groups -OCH3 is 1. The highest BCUT2D eigenvalue weighted by Crippen LogP contribution is 2.37. The van der Waals surface area contributed by atoms with Crippen molar-refractivity contribution < 1.29 is 4.74 Å². The minimum atomic E-state index is -0.0727. The van der Waals surface area contributed by atoms with E-state index in [2.05, 4.69) is 29.9 Å². The first-order valence-electron chi connectivity index (χ1n) is 8.25. The molecule has 0 amide bonds. The highest BCUT2D eigenvalue weighted by atomic mass is 16.5. The SMILES string of the molecule is CCC(C)(CCn1cnc2cc[nH]c2c1=O)c1ccccc1OC. The molecule has 0 saturated heterocycles. The summed E-state index contributed by atoms with van der Waals surface area (Å²) in [7, 11) is 1.70. The molecule has 1 N–H and O–H groups in total. The molecule has 0 aliphatic carbocycles. The van der Waals surface area contributed by atoms with Crippen LogP contribution >= 0.6 is 0 Å². The molecule has 2 aromatic heterocycles. The third-order valence-corrected chi connectivity index (χ3v) is 4.98. The number of hydrogen-bond donors (Lipinski definition) is 1. The fourth-order valence-electron chi connectivity index (χ4n) is 3.14. The molecule has 0 fully saturated rings. The quantitative estimate of drug-likeness (QED) is 0.754. The summed E-state index contributed by atoms with van der Waals surface area (Å²) in [5.74, 6) is 0.896.